The largest absolute Gasteiger partial charge is 0.391 e. The molecule has 1 heterocycles. The molecule has 0 saturated carbocycles. The standard InChI is InChI=1S/C16H21ClN2O3S/c1-2-16(22)19-8-12(7-13(20)9-19)18-15(21)10-23-14-5-3-11(17)4-6-14/h3-6,12-13,20H,2,7-10H2,1H3,(H,18,21)/t12-,13+/m0/s1. The van der Waals surface area contributed by atoms with Crippen molar-refractivity contribution in [2.75, 3.05) is 18.8 Å². The summed E-state index contributed by atoms with van der Waals surface area (Å²) in [5, 5.41) is 13.4. The van der Waals surface area contributed by atoms with Crippen LogP contribution in [0.1, 0.15) is 19.8 Å². The van der Waals surface area contributed by atoms with Gasteiger partial charge in [0.2, 0.25) is 11.8 Å². The summed E-state index contributed by atoms with van der Waals surface area (Å²) >= 11 is 7.25. The van der Waals surface area contributed by atoms with E-state index in [1.807, 2.05) is 12.1 Å². The van der Waals surface area contributed by atoms with E-state index < -0.39 is 6.10 Å². The Morgan fingerprint density at radius 2 is 2.04 bits per heavy atom. The predicted molar refractivity (Wildman–Crippen MR) is 91.6 cm³/mol. The molecule has 7 heteroatoms. The minimum atomic E-state index is -0.589. The van der Waals surface area contributed by atoms with E-state index >= 15 is 0 Å². The third kappa shape index (κ3) is 5.71. The van der Waals surface area contributed by atoms with Crippen molar-refractivity contribution < 1.29 is 14.7 Å². The van der Waals surface area contributed by atoms with Crippen molar-refractivity contribution in [1.82, 2.24) is 10.2 Å². The normalized spacial score (nSPS) is 21.1. The molecule has 1 saturated heterocycles. The Labute approximate surface area is 145 Å². The molecule has 1 fully saturated rings. The highest BCUT2D eigenvalue weighted by molar-refractivity contribution is 8.00. The lowest BCUT2D eigenvalue weighted by Gasteiger charge is -2.36. The first kappa shape index (κ1) is 18.1. The van der Waals surface area contributed by atoms with Gasteiger partial charge in [-0.15, -0.1) is 11.8 Å². The lowest BCUT2D eigenvalue weighted by Crippen LogP contribution is -2.54. The molecular formula is C16H21ClN2O3S. The number of nitrogens with one attached hydrogen (secondary N) is 1. The molecule has 1 aliphatic heterocycles. The molecule has 23 heavy (non-hydrogen) atoms. The van der Waals surface area contributed by atoms with Gasteiger partial charge < -0.3 is 15.3 Å². The van der Waals surface area contributed by atoms with Gasteiger partial charge in [0.05, 0.1) is 11.9 Å². The van der Waals surface area contributed by atoms with E-state index in [0.29, 0.717) is 31.0 Å². The topological polar surface area (TPSA) is 69.6 Å². The van der Waals surface area contributed by atoms with Gasteiger partial charge in [-0.2, -0.15) is 0 Å². The van der Waals surface area contributed by atoms with Gasteiger partial charge in [-0.3, -0.25) is 9.59 Å². The Hall–Kier alpha value is -1.24. The monoisotopic (exact) mass is 356 g/mol. The number of hydrogen-bond acceptors (Lipinski definition) is 4. The van der Waals surface area contributed by atoms with Crippen LogP contribution >= 0.6 is 23.4 Å². The van der Waals surface area contributed by atoms with Crippen LogP contribution in [0.4, 0.5) is 0 Å². The van der Waals surface area contributed by atoms with Crippen LogP contribution in [0.15, 0.2) is 29.2 Å². The second-order valence-electron chi connectivity index (χ2n) is 5.55. The lowest BCUT2D eigenvalue weighted by atomic mass is 10.0. The molecule has 5 nitrogen and oxygen atoms in total. The number of aliphatic hydroxyl groups is 1. The molecule has 1 aliphatic rings. The number of piperidine rings is 1. The zero-order chi connectivity index (χ0) is 16.8. The van der Waals surface area contributed by atoms with E-state index in [0.717, 1.165) is 4.90 Å². The lowest BCUT2D eigenvalue weighted by molar-refractivity contribution is -0.135. The van der Waals surface area contributed by atoms with E-state index in [2.05, 4.69) is 5.32 Å². The van der Waals surface area contributed by atoms with Crippen molar-refractivity contribution in [1.29, 1.82) is 0 Å². The van der Waals surface area contributed by atoms with Gasteiger partial charge in [-0.05, 0) is 30.7 Å². The van der Waals surface area contributed by atoms with Crippen molar-refractivity contribution >= 4 is 35.2 Å². The van der Waals surface area contributed by atoms with Gasteiger partial charge in [-0.25, -0.2) is 0 Å². The summed E-state index contributed by atoms with van der Waals surface area (Å²) in [6.45, 7) is 2.60. The van der Waals surface area contributed by atoms with Crippen LogP contribution in [-0.2, 0) is 9.59 Å². The first-order chi connectivity index (χ1) is 11.0. The molecule has 0 aromatic heterocycles. The van der Waals surface area contributed by atoms with Crippen molar-refractivity contribution in [3.8, 4) is 0 Å². The minimum Gasteiger partial charge on any atom is -0.391 e. The van der Waals surface area contributed by atoms with Gasteiger partial charge >= 0.3 is 0 Å². The maximum absolute atomic E-state index is 12.1. The number of hydrogen-bond donors (Lipinski definition) is 2. The van der Waals surface area contributed by atoms with Gasteiger partial charge in [0.15, 0.2) is 0 Å². The first-order valence-electron chi connectivity index (χ1n) is 7.61. The molecule has 2 amide bonds. The van der Waals surface area contributed by atoms with Gasteiger partial charge in [-0.1, -0.05) is 18.5 Å². The Morgan fingerprint density at radius 1 is 1.35 bits per heavy atom. The number of benzene rings is 1. The summed E-state index contributed by atoms with van der Waals surface area (Å²) in [6.07, 6.45) is 0.290. The van der Waals surface area contributed by atoms with Crippen molar-refractivity contribution in [2.45, 2.75) is 36.8 Å². The average Bonchev–Trinajstić information content (AvgIpc) is 2.53. The number of thioether (sulfide) groups is 1. The maximum Gasteiger partial charge on any atom is 0.230 e. The zero-order valence-electron chi connectivity index (χ0n) is 13.0. The van der Waals surface area contributed by atoms with Gasteiger partial charge in [0, 0.05) is 35.5 Å². The highest BCUT2D eigenvalue weighted by Crippen LogP contribution is 2.20. The molecule has 0 bridgehead atoms. The van der Waals surface area contributed by atoms with Crippen LogP contribution in [0.3, 0.4) is 0 Å². The molecule has 0 unspecified atom stereocenters. The van der Waals surface area contributed by atoms with Crippen LogP contribution in [0.2, 0.25) is 5.02 Å². The number of likely N-dealkylation sites (tertiary alicyclic amines) is 1. The van der Waals surface area contributed by atoms with Crippen LogP contribution in [0, 0.1) is 0 Å². The fourth-order valence-corrected chi connectivity index (χ4v) is 3.39. The molecule has 2 N–H and O–H groups in total. The van der Waals surface area contributed by atoms with E-state index in [1.54, 1.807) is 24.0 Å². The van der Waals surface area contributed by atoms with Crippen LogP contribution in [0.5, 0.6) is 0 Å². The second-order valence-corrected chi connectivity index (χ2v) is 7.03. The molecule has 2 rings (SSSR count). The zero-order valence-corrected chi connectivity index (χ0v) is 14.6. The third-order valence-corrected chi connectivity index (χ3v) is 4.90. The number of aliphatic hydroxyl groups excluding tert-OH is 1. The number of β-amino-alcohol motifs (C(OH)–C–C–N with tert-alkyl or cyclic N) is 1. The molecule has 0 aliphatic carbocycles. The van der Waals surface area contributed by atoms with Crippen molar-refractivity contribution in [3.63, 3.8) is 0 Å². The summed E-state index contributed by atoms with van der Waals surface area (Å²) in [5.74, 6) is 0.183. The summed E-state index contributed by atoms with van der Waals surface area (Å²) in [5.41, 5.74) is 0. The van der Waals surface area contributed by atoms with E-state index in [4.69, 9.17) is 11.6 Å². The summed E-state index contributed by atoms with van der Waals surface area (Å²) in [7, 11) is 0. The van der Waals surface area contributed by atoms with E-state index in [-0.39, 0.29) is 23.6 Å². The quantitative estimate of drug-likeness (QED) is 0.791. The highest BCUT2D eigenvalue weighted by Gasteiger charge is 2.29. The molecule has 1 aromatic carbocycles. The van der Waals surface area contributed by atoms with Crippen LogP contribution in [-0.4, -0.2) is 52.8 Å². The Morgan fingerprint density at radius 3 is 2.70 bits per heavy atom. The smallest absolute Gasteiger partial charge is 0.230 e. The maximum atomic E-state index is 12.1. The SMILES string of the molecule is CCC(=O)N1C[C@H](O)C[C@H](NC(=O)CSc2ccc(Cl)cc2)C1. The fourth-order valence-electron chi connectivity index (χ4n) is 2.55. The molecule has 126 valence electrons. The van der Waals surface area contributed by atoms with Crippen molar-refractivity contribution in [2.24, 2.45) is 0 Å². The number of amides is 2. The van der Waals surface area contributed by atoms with Gasteiger partial charge in [0.1, 0.15) is 0 Å². The molecule has 0 radical (unpaired) electrons. The number of carbonyl (C=O) groups excluding carboxylic acids is 2. The molecule has 0 spiro atoms. The Kier molecular flexibility index (Phi) is 6.74. The molecular weight excluding hydrogens is 336 g/mol. The van der Waals surface area contributed by atoms with Gasteiger partial charge in [0.25, 0.3) is 0 Å². The van der Waals surface area contributed by atoms with E-state index in [1.165, 1.54) is 11.8 Å². The number of nitrogens with zero attached hydrogens (tertiary/aromatic N) is 1. The minimum absolute atomic E-state index is 0.00135. The first-order valence-corrected chi connectivity index (χ1v) is 8.98. The second kappa shape index (κ2) is 8.57. The average molecular weight is 357 g/mol. The summed E-state index contributed by atoms with van der Waals surface area (Å²) in [6, 6.07) is 7.10. The highest BCUT2D eigenvalue weighted by atomic mass is 35.5. The van der Waals surface area contributed by atoms with Crippen LogP contribution < -0.4 is 5.32 Å². The van der Waals surface area contributed by atoms with E-state index in [9.17, 15) is 14.7 Å². The molecule has 2 atom stereocenters. The Bertz CT molecular complexity index is 553. The summed E-state index contributed by atoms with van der Waals surface area (Å²) < 4.78 is 0. The predicted octanol–water partition coefficient (Wildman–Crippen LogP) is 1.92. The summed E-state index contributed by atoms with van der Waals surface area (Å²) in [4.78, 5) is 26.4. The number of halogens is 1. The third-order valence-electron chi connectivity index (χ3n) is 3.63. The fraction of sp³-hybridized carbons (Fsp3) is 0.500. The van der Waals surface area contributed by atoms with Crippen LogP contribution in [0.25, 0.3) is 0 Å². The number of rotatable bonds is 5. The van der Waals surface area contributed by atoms with Crippen molar-refractivity contribution in [3.05, 3.63) is 29.3 Å². The number of carbonyl (C=O) groups is 2. The molecule has 1 aromatic rings. The Balaban J connectivity index is 1.81.